The maximum absolute atomic E-state index is 5.60. The zero-order valence-corrected chi connectivity index (χ0v) is 14.8. The smallest absolute Gasteiger partial charge is 0.123 e. The Labute approximate surface area is 137 Å². The Hall–Kier alpha value is -1.18. The Bertz CT molecular complexity index is 387. The second-order valence-corrected chi connectivity index (χ2v) is 6.03. The van der Waals surface area contributed by atoms with E-state index in [0.717, 1.165) is 17.9 Å². The summed E-state index contributed by atoms with van der Waals surface area (Å²) in [6.45, 7) is 4.99. The zero-order valence-electron chi connectivity index (χ0n) is 14.8. The van der Waals surface area contributed by atoms with Gasteiger partial charge in [0.15, 0.2) is 0 Å². The molecule has 1 aromatic rings. The second kappa shape index (κ2) is 12.4. The molecular weight excluding hydrogens is 272 g/mol. The number of ether oxygens (including phenoxy) is 2. The Morgan fingerprint density at radius 1 is 0.727 bits per heavy atom. The van der Waals surface area contributed by atoms with Gasteiger partial charge < -0.3 is 9.47 Å². The van der Waals surface area contributed by atoms with Crippen molar-refractivity contribution >= 4 is 0 Å². The van der Waals surface area contributed by atoms with Crippen LogP contribution in [0.1, 0.15) is 77.2 Å². The van der Waals surface area contributed by atoms with Crippen LogP contribution < -0.4 is 9.47 Å². The fourth-order valence-corrected chi connectivity index (χ4v) is 2.78. The van der Waals surface area contributed by atoms with Gasteiger partial charge in [-0.3, -0.25) is 0 Å². The Kier molecular flexibility index (Phi) is 10.6. The first-order valence-corrected chi connectivity index (χ1v) is 9.10. The van der Waals surface area contributed by atoms with Gasteiger partial charge in [0.25, 0.3) is 0 Å². The molecule has 1 aromatic carbocycles. The van der Waals surface area contributed by atoms with Crippen LogP contribution in [0.15, 0.2) is 18.2 Å². The minimum atomic E-state index is 0.699. The number of methoxy groups -OCH3 is 1. The summed E-state index contributed by atoms with van der Waals surface area (Å²) in [7, 11) is 1.72. The number of aryl methyl sites for hydroxylation is 1. The van der Waals surface area contributed by atoms with E-state index in [1.54, 1.807) is 7.11 Å². The third-order valence-electron chi connectivity index (χ3n) is 4.06. The molecule has 0 aliphatic heterocycles. The van der Waals surface area contributed by atoms with Gasteiger partial charge in [0.2, 0.25) is 0 Å². The Morgan fingerprint density at radius 3 is 1.91 bits per heavy atom. The molecule has 0 bridgehead atoms. The van der Waals surface area contributed by atoms with Crippen LogP contribution in [0.25, 0.3) is 0 Å². The molecule has 1 rings (SSSR count). The summed E-state index contributed by atoms with van der Waals surface area (Å²) in [4.78, 5) is 0. The van der Waals surface area contributed by atoms with Gasteiger partial charge in [0.1, 0.15) is 11.5 Å². The molecule has 2 heteroatoms. The number of hydrogen-bond donors (Lipinski definition) is 0. The normalized spacial score (nSPS) is 10.7. The molecule has 0 aromatic heterocycles. The summed E-state index contributed by atoms with van der Waals surface area (Å²) < 4.78 is 11.0. The van der Waals surface area contributed by atoms with Crippen LogP contribution in [-0.2, 0) is 6.42 Å². The van der Waals surface area contributed by atoms with Crippen LogP contribution in [0.2, 0.25) is 0 Å². The largest absolute Gasteiger partial charge is 0.497 e. The minimum absolute atomic E-state index is 0.699. The van der Waals surface area contributed by atoms with E-state index in [1.807, 2.05) is 13.0 Å². The molecule has 0 aliphatic rings. The average Bonchev–Trinajstić information content (AvgIpc) is 2.53. The van der Waals surface area contributed by atoms with Crippen molar-refractivity contribution in [2.75, 3.05) is 13.7 Å². The van der Waals surface area contributed by atoms with Gasteiger partial charge in [0.05, 0.1) is 13.7 Å². The van der Waals surface area contributed by atoms with Gasteiger partial charge in [-0.15, -0.1) is 0 Å². The van der Waals surface area contributed by atoms with Gasteiger partial charge in [-0.2, -0.15) is 0 Å². The second-order valence-electron chi connectivity index (χ2n) is 6.03. The van der Waals surface area contributed by atoms with Crippen LogP contribution in [0.3, 0.4) is 0 Å². The first kappa shape index (κ1) is 18.9. The quantitative estimate of drug-likeness (QED) is 0.406. The maximum Gasteiger partial charge on any atom is 0.123 e. The number of rotatable bonds is 13. The highest BCUT2D eigenvalue weighted by Crippen LogP contribution is 2.24. The number of hydrogen-bond acceptors (Lipinski definition) is 2. The molecule has 0 N–H and O–H groups in total. The van der Waals surface area contributed by atoms with Crippen molar-refractivity contribution in [2.45, 2.75) is 78.1 Å². The molecule has 0 amide bonds. The standard InChI is InChI=1S/C20H34O2/c1-4-6-7-8-9-10-11-12-13-14-18-15-19(21-3)17-20(16-18)22-5-2/h15-17H,4-14H2,1-3H3. The summed E-state index contributed by atoms with van der Waals surface area (Å²) in [5, 5.41) is 0. The summed E-state index contributed by atoms with van der Waals surface area (Å²) in [6, 6.07) is 6.24. The molecule has 126 valence electrons. The lowest BCUT2D eigenvalue weighted by molar-refractivity contribution is 0.335. The Morgan fingerprint density at radius 2 is 1.32 bits per heavy atom. The van der Waals surface area contributed by atoms with E-state index in [-0.39, 0.29) is 0 Å². The lowest BCUT2D eigenvalue weighted by Crippen LogP contribution is -1.95. The van der Waals surface area contributed by atoms with E-state index in [2.05, 4.69) is 19.1 Å². The summed E-state index contributed by atoms with van der Waals surface area (Å²) in [5.74, 6) is 1.82. The van der Waals surface area contributed by atoms with Gasteiger partial charge in [-0.1, -0.05) is 58.3 Å². The lowest BCUT2D eigenvalue weighted by atomic mass is 10.0. The minimum Gasteiger partial charge on any atom is -0.497 e. The molecule has 0 spiro atoms. The monoisotopic (exact) mass is 306 g/mol. The van der Waals surface area contributed by atoms with Crippen LogP contribution in [0, 0.1) is 0 Å². The van der Waals surface area contributed by atoms with Crippen molar-refractivity contribution in [3.05, 3.63) is 23.8 Å². The molecule has 0 radical (unpaired) electrons. The van der Waals surface area contributed by atoms with Gasteiger partial charge in [-0.05, 0) is 37.5 Å². The molecule has 0 saturated heterocycles. The fraction of sp³-hybridized carbons (Fsp3) is 0.700. The van der Waals surface area contributed by atoms with E-state index in [4.69, 9.17) is 9.47 Å². The average molecular weight is 306 g/mol. The SMILES string of the molecule is CCCCCCCCCCCc1cc(OC)cc(OCC)c1. The van der Waals surface area contributed by atoms with Gasteiger partial charge >= 0.3 is 0 Å². The molecule has 0 fully saturated rings. The van der Waals surface area contributed by atoms with Crippen molar-refractivity contribution in [1.29, 1.82) is 0 Å². The van der Waals surface area contributed by atoms with Crippen molar-refractivity contribution in [3.8, 4) is 11.5 Å². The third kappa shape index (κ3) is 8.31. The fourth-order valence-electron chi connectivity index (χ4n) is 2.78. The number of benzene rings is 1. The zero-order chi connectivity index (χ0) is 16.0. The molecule has 0 heterocycles. The lowest BCUT2D eigenvalue weighted by Gasteiger charge is -2.09. The molecule has 0 saturated carbocycles. The van der Waals surface area contributed by atoms with Crippen LogP contribution in [0.4, 0.5) is 0 Å². The van der Waals surface area contributed by atoms with E-state index in [1.165, 1.54) is 63.4 Å². The first-order chi connectivity index (χ1) is 10.8. The van der Waals surface area contributed by atoms with Crippen LogP contribution in [0.5, 0.6) is 11.5 Å². The van der Waals surface area contributed by atoms with Crippen molar-refractivity contribution in [2.24, 2.45) is 0 Å². The Balaban J connectivity index is 2.19. The summed E-state index contributed by atoms with van der Waals surface area (Å²) in [5.41, 5.74) is 1.32. The van der Waals surface area contributed by atoms with E-state index in [9.17, 15) is 0 Å². The van der Waals surface area contributed by atoms with E-state index >= 15 is 0 Å². The maximum atomic E-state index is 5.60. The molecule has 0 atom stereocenters. The predicted molar refractivity (Wildman–Crippen MR) is 95.1 cm³/mol. The van der Waals surface area contributed by atoms with Crippen molar-refractivity contribution < 1.29 is 9.47 Å². The van der Waals surface area contributed by atoms with E-state index < -0.39 is 0 Å². The topological polar surface area (TPSA) is 18.5 Å². The molecular formula is C20H34O2. The molecule has 0 unspecified atom stereocenters. The third-order valence-corrected chi connectivity index (χ3v) is 4.06. The van der Waals surface area contributed by atoms with Gasteiger partial charge in [0, 0.05) is 6.07 Å². The van der Waals surface area contributed by atoms with Crippen LogP contribution >= 0.6 is 0 Å². The summed E-state index contributed by atoms with van der Waals surface area (Å²) in [6.07, 6.45) is 13.5. The highest BCUT2D eigenvalue weighted by molar-refractivity contribution is 5.38. The van der Waals surface area contributed by atoms with Gasteiger partial charge in [-0.25, -0.2) is 0 Å². The summed E-state index contributed by atoms with van der Waals surface area (Å²) >= 11 is 0. The van der Waals surface area contributed by atoms with Crippen LogP contribution in [-0.4, -0.2) is 13.7 Å². The van der Waals surface area contributed by atoms with E-state index in [0.29, 0.717) is 6.61 Å². The first-order valence-electron chi connectivity index (χ1n) is 9.10. The highest BCUT2D eigenvalue weighted by atomic mass is 16.5. The predicted octanol–water partition coefficient (Wildman–Crippen LogP) is 6.17. The number of unbranched alkanes of at least 4 members (excludes halogenated alkanes) is 8. The molecule has 0 aliphatic carbocycles. The van der Waals surface area contributed by atoms with Crippen molar-refractivity contribution in [3.63, 3.8) is 0 Å². The molecule has 2 nitrogen and oxygen atoms in total. The molecule has 22 heavy (non-hydrogen) atoms. The van der Waals surface area contributed by atoms with Crippen molar-refractivity contribution in [1.82, 2.24) is 0 Å². The highest BCUT2D eigenvalue weighted by Gasteiger charge is 2.02.